The van der Waals surface area contributed by atoms with E-state index in [0.29, 0.717) is 32.7 Å². The number of nitrogens with one attached hydrogen (secondary N) is 1. The fourth-order valence-electron chi connectivity index (χ4n) is 3.87. The molecule has 0 saturated heterocycles. The molecule has 2 aromatic heterocycles. The van der Waals surface area contributed by atoms with Crippen LogP contribution in [0.5, 0.6) is 0 Å². The molecule has 0 radical (unpaired) electrons. The van der Waals surface area contributed by atoms with Crippen molar-refractivity contribution >= 4 is 40.1 Å². The van der Waals surface area contributed by atoms with Crippen molar-refractivity contribution in [2.45, 2.75) is 26.4 Å². The van der Waals surface area contributed by atoms with Gasteiger partial charge in [-0.15, -0.1) is 0 Å². The fraction of sp³-hybridized carbons (Fsp3) is 0.185. The second-order valence-electron chi connectivity index (χ2n) is 8.15. The molecule has 4 aromatic rings. The largest absolute Gasteiger partial charge is 0.448 e. The molecule has 0 aliphatic heterocycles. The number of carbonyl (C=O) groups is 2. The van der Waals surface area contributed by atoms with Crippen LogP contribution in [-0.2, 0) is 16.6 Å². The molecule has 0 aliphatic carbocycles. The van der Waals surface area contributed by atoms with E-state index < -0.39 is 18.0 Å². The molecule has 2 aromatic carbocycles. The van der Waals surface area contributed by atoms with Gasteiger partial charge in [-0.3, -0.25) is 9.59 Å². The van der Waals surface area contributed by atoms with E-state index in [9.17, 15) is 14.4 Å². The van der Waals surface area contributed by atoms with E-state index in [1.54, 1.807) is 67.7 Å². The van der Waals surface area contributed by atoms with Crippen molar-refractivity contribution < 1.29 is 14.3 Å². The zero-order chi connectivity index (χ0) is 25.1. The van der Waals surface area contributed by atoms with Gasteiger partial charge < -0.3 is 14.6 Å². The van der Waals surface area contributed by atoms with E-state index in [4.69, 9.17) is 16.3 Å². The van der Waals surface area contributed by atoms with Crippen molar-refractivity contribution in [1.82, 2.24) is 9.55 Å². The molecular formula is C27H24ClN3O4. The molecule has 1 unspecified atom stereocenters. The summed E-state index contributed by atoms with van der Waals surface area (Å²) in [4.78, 5) is 43.6. The third-order valence-electron chi connectivity index (χ3n) is 5.71. The maximum absolute atomic E-state index is 13.5. The first-order valence-corrected chi connectivity index (χ1v) is 11.5. The van der Waals surface area contributed by atoms with Crippen LogP contribution in [0.1, 0.15) is 29.4 Å². The Labute approximate surface area is 207 Å². The van der Waals surface area contributed by atoms with Gasteiger partial charge in [-0.2, -0.15) is 0 Å². The number of benzene rings is 2. The van der Waals surface area contributed by atoms with Crippen LogP contribution in [0.3, 0.4) is 0 Å². The van der Waals surface area contributed by atoms with E-state index in [2.05, 4.69) is 10.3 Å². The van der Waals surface area contributed by atoms with E-state index in [0.717, 1.165) is 5.56 Å². The average molecular weight is 490 g/mol. The van der Waals surface area contributed by atoms with Gasteiger partial charge in [-0.25, -0.2) is 9.78 Å². The highest BCUT2D eigenvalue weighted by Crippen LogP contribution is 2.32. The number of carbonyl (C=O) groups excluding carboxylic acids is 2. The molecular weight excluding hydrogens is 466 g/mol. The molecule has 1 amide bonds. The number of pyridine rings is 2. The number of anilines is 1. The lowest BCUT2D eigenvalue weighted by Crippen LogP contribution is -2.34. The third kappa shape index (κ3) is 4.95. The summed E-state index contributed by atoms with van der Waals surface area (Å²) in [5, 5.41) is 4.28. The number of rotatable bonds is 6. The molecule has 4 rings (SSSR count). The zero-order valence-corrected chi connectivity index (χ0v) is 20.3. The normalized spacial score (nSPS) is 11.8. The van der Waals surface area contributed by atoms with Crippen LogP contribution in [0.15, 0.2) is 71.7 Å². The summed E-state index contributed by atoms with van der Waals surface area (Å²) in [6, 6.07) is 17.5. The predicted molar refractivity (Wildman–Crippen MR) is 137 cm³/mol. The molecule has 0 saturated carbocycles. The van der Waals surface area contributed by atoms with E-state index in [1.807, 2.05) is 13.0 Å². The van der Waals surface area contributed by atoms with Gasteiger partial charge in [-0.05, 0) is 54.1 Å². The highest BCUT2D eigenvalue weighted by molar-refractivity contribution is 6.30. The molecule has 35 heavy (non-hydrogen) atoms. The quantitative estimate of drug-likeness (QED) is 0.379. The second kappa shape index (κ2) is 10.1. The zero-order valence-electron chi connectivity index (χ0n) is 19.5. The number of ether oxygens (including phenoxy) is 1. The maximum Gasteiger partial charge on any atom is 0.356 e. The average Bonchev–Trinajstić information content (AvgIpc) is 2.86. The summed E-state index contributed by atoms with van der Waals surface area (Å²) in [5.74, 6) is -0.926. The topological polar surface area (TPSA) is 90.3 Å². The van der Waals surface area contributed by atoms with Gasteiger partial charge in [0.2, 0.25) is 0 Å². The van der Waals surface area contributed by atoms with Crippen LogP contribution in [0.2, 0.25) is 5.02 Å². The summed E-state index contributed by atoms with van der Waals surface area (Å²) < 4.78 is 6.91. The molecule has 7 nitrogen and oxygen atoms in total. The summed E-state index contributed by atoms with van der Waals surface area (Å²) in [6.07, 6.45) is 0.790. The molecule has 1 atom stereocenters. The van der Waals surface area contributed by atoms with Crippen LogP contribution in [-0.4, -0.2) is 27.5 Å². The lowest BCUT2D eigenvalue weighted by atomic mass is 9.96. The van der Waals surface area contributed by atoms with Crippen LogP contribution in [0.4, 0.5) is 5.82 Å². The van der Waals surface area contributed by atoms with Gasteiger partial charge in [-0.1, -0.05) is 54.9 Å². The van der Waals surface area contributed by atoms with Crippen molar-refractivity contribution in [3.05, 3.63) is 93.5 Å². The Kier molecular flexibility index (Phi) is 6.98. The van der Waals surface area contributed by atoms with Gasteiger partial charge in [0.05, 0.1) is 0 Å². The van der Waals surface area contributed by atoms with Crippen molar-refractivity contribution in [1.29, 1.82) is 0 Å². The smallest absolute Gasteiger partial charge is 0.356 e. The van der Waals surface area contributed by atoms with E-state index in [-0.39, 0.29) is 17.7 Å². The Bertz CT molecular complexity index is 1460. The van der Waals surface area contributed by atoms with Gasteiger partial charge in [0.1, 0.15) is 11.5 Å². The number of aromatic nitrogens is 2. The molecule has 8 heteroatoms. The fourth-order valence-corrected chi connectivity index (χ4v) is 3.99. The monoisotopic (exact) mass is 489 g/mol. The predicted octanol–water partition coefficient (Wildman–Crippen LogP) is 5.14. The molecule has 2 heterocycles. The number of aryl methyl sites for hydroxylation is 1. The minimum atomic E-state index is -1.08. The number of hydrogen-bond donors (Lipinski definition) is 1. The second-order valence-corrected chi connectivity index (χ2v) is 8.59. The van der Waals surface area contributed by atoms with Crippen LogP contribution < -0.4 is 10.9 Å². The number of esters is 1. The van der Waals surface area contributed by atoms with Gasteiger partial charge >= 0.3 is 5.97 Å². The molecule has 0 bridgehead atoms. The van der Waals surface area contributed by atoms with Crippen molar-refractivity contribution in [3.8, 4) is 11.1 Å². The number of halogens is 1. The van der Waals surface area contributed by atoms with Crippen molar-refractivity contribution in [2.24, 2.45) is 7.05 Å². The lowest BCUT2D eigenvalue weighted by molar-refractivity contribution is -0.124. The maximum atomic E-state index is 13.5. The Morgan fingerprint density at radius 3 is 2.37 bits per heavy atom. The number of nitrogens with zero attached hydrogens (tertiary/aromatic N) is 2. The summed E-state index contributed by atoms with van der Waals surface area (Å²) in [7, 11) is 1.52. The van der Waals surface area contributed by atoms with Gasteiger partial charge in [0, 0.05) is 29.2 Å². The first-order valence-electron chi connectivity index (χ1n) is 11.1. The van der Waals surface area contributed by atoms with E-state index in [1.165, 1.54) is 11.6 Å². The summed E-state index contributed by atoms with van der Waals surface area (Å²) in [5.41, 5.74) is 1.88. The lowest BCUT2D eigenvalue weighted by Gasteiger charge is -2.20. The van der Waals surface area contributed by atoms with Crippen LogP contribution in [0.25, 0.3) is 21.9 Å². The Morgan fingerprint density at radius 1 is 1.06 bits per heavy atom. The molecule has 0 spiro atoms. The minimum absolute atomic E-state index is 0.0516. The molecule has 178 valence electrons. The Balaban J connectivity index is 1.75. The number of fused-ring (bicyclic) bond motifs is 1. The third-order valence-corrected chi connectivity index (χ3v) is 5.96. The first-order chi connectivity index (χ1) is 16.8. The SMILES string of the molecule is CCC(OC(=O)c1c(-c2ccc(Cl)cc2)c2ccccc2c(=O)n1C)C(=O)Nc1ccc(C)cn1. The Hall–Kier alpha value is -3.97. The number of amides is 1. The highest BCUT2D eigenvalue weighted by atomic mass is 35.5. The molecule has 0 fully saturated rings. The summed E-state index contributed by atoms with van der Waals surface area (Å²) in [6.45, 7) is 3.63. The van der Waals surface area contributed by atoms with E-state index >= 15 is 0 Å². The van der Waals surface area contributed by atoms with Gasteiger partial charge in [0.15, 0.2) is 6.10 Å². The van der Waals surface area contributed by atoms with Crippen molar-refractivity contribution in [3.63, 3.8) is 0 Å². The first kappa shape index (κ1) is 24.2. The van der Waals surface area contributed by atoms with Crippen LogP contribution in [0, 0.1) is 6.92 Å². The standard InChI is InChI=1S/C27H24ClN3O4/c1-4-21(25(32)30-22-14-9-16(2)15-29-22)35-27(34)24-23(17-10-12-18(28)13-11-17)19-7-5-6-8-20(19)26(33)31(24)3/h5-15,21H,4H2,1-3H3,(H,29,30,32). The highest BCUT2D eigenvalue weighted by Gasteiger charge is 2.28. The minimum Gasteiger partial charge on any atom is -0.448 e. The Morgan fingerprint density at radius 2 is 1.74 bits per heavy atom. The van der Waals surface area contributed by atoms with Crippen molar-refractivity contribution in [2.75, 3.05) is 5.32 Å². The van der Waals surface area contributed by atoms with Gasteiger partial charge in [0.25, 0.3) is 11.5 Å². The number of hydrogen-bond acceptors (Lipinski definition) is 5. The van der Waals surface area contributed by atoms with Crippen LogP contribution >= 0.6 is 11.6 Å². The molecule has 0 aliphatic rings. The summed E-state index contributed by atoms with van der Waals surface area (Å²) >= 11 is 6.08. The molecule has 1 N–H and O–H groups in total.